The number of rotatable bonds is 4. The molecular formula is C23H21FN6O. The van der Waals surface area contributed by atoms with Gasteiger partial charge in [-0.15, -0.1) is 0 Å². The molecule has 0 aliphatic carbocycles. The summed E-state index contributed by atoms with van der Waals surface area (Å²) in [7, 11) is 0. The number of aromatic nitrogens is 4. The molecule has 1 aromatic carbocycles. The van der Waals surface area contributed by atoms with Crippen molar-refractivity contribution in [1.29, 1.82) is 0 Å². The summed E-state index contributed by atoms with van der Waals surface area (Å²) in [5.41, 5.74) is 4.23. The van der Waals surface area contributed by atoms with Gasteiger partial charge in [-0.25, -0.2) is 14.4 Å². The van der Waals surface area contributed by atoms with E-state index in [1.807, 2.05) is 25.1 Å². The largest absolute Gasteiger partial charge is 0.469 e. The van der Waals surface area contributed by atoms with E-state index in [1.165, 1.54) is 12.1 Å². The number of furan rings is 1. The second-order valence-electron chi connectivity index (χ2n) is 7.36. The van der Waals surface area contributed by atoms with E-state index in [4.69, 9.17) is 9.40 Å². The summed E-state index contributed by atoms with van der Waals surface area (Å²) in [4.78, 5) is 22.5. The van der Waals surface area contributed by atoms with Crippen LogP contribution in [-0.4, -0.2) is 46.1 Å². The minimum atomic E-state index is -0.221. The van der Waals surface area contributed by atoms with Gasteiger partial charge in [-0.2, -0.15) is 0 Å². The maximum absolute atomic E-state index is 13.2. The Kier molecular flexibility index (Phi) is 5.03. The number of hydrogen-bond acceptors (Lipinski definition) is 7. The first-order chi connectivity index (χ1) is 15.2. The number of benzene rings is 1. The Morgan fingerprint density at radius 3 is 2.32 bits per heavy atom. The van der Waals surface area contributed by atoms with Gasteiger partial charge in [-0.1, -0.05) is 0 Å². The lowest BCUT2D eigenvalue weighted by Gasteiger charge is -2.36. The fraction of sp³-hybridized carbons (Fsp3) is 0.217. The molecule has 5 rings (SSSR count). The predicted octanol–water partition coefficient (Wildman–Crippen LogP) is 3.97. The average molecular weight is 416 g/mol. The normalized spacial score (nSPS) is 14.1. The first kappa shape index (κ1) is 19.2. The molecule has 1 aliphatic heterocycles. The van der Waals surface area contributed by atoms with Crippen LogP contribution in [0.5, 0.6) is 0 Å². The van der Waals surface area contributed by atoms with Crippen molar-refractivity contribution in [3.8, 4) is 22.5 Å². The van der Waals surface area contributed by atoms with Crippen LogP contribution < -0.4 is 9.80 Å². The Morgan fingerprint density at radius 2 is 1.65 bits per heavy atom. The molecule has 1 fully saturated rings. The third-order valence-corrected chi connectivity index (χ3v) is 5.48. The standard InChI is InChI=1S/C23H21FN6O/c1-16-19(6-13-31-16)22-20(21-15-25-7-8-26-21)14-27-23(28-22)30-11-9-29(10-12-30)18-4-2-17(24)3-5-18/h2-8,13-15H,9-12H2,1H3. The smallest absolute Gasteiger partial charge is 0.226 e. The highest BCUT2D eigenvalue weighted by atomic mass is 19.1. The molecule has 1 saturated heterocycles. The van der Waals surface area contributed by atoms with Gasteiger partial charge in [-0.05, 0) is 37.3 Å². The first-order valence-corrected chi connectivity index (χ1v) is 10.1. The third kappa shape index (κ3) is 3.84. The molecule has 8 heteroatoms. The molecule has 4 heterocycles. The van der Waals surface area contributed by atoms with Crippen molar-refractivity contribution in [2.75, 3.05) is 36.0 Å². The lowest BCUT2D eigenvalue weighted by Crippen LogP contribution is -2.47. The Labute approximate surface area is 179 Å². The van der Waals surface area contributed by atoms with Crippen LogP contribution >= 0.6 is 0 Å². The monoisotopic (exact) mass is 416 g/mol. The minimum Gasteiger partial charge on any atom is -0.469 e. The molecule has 0 spiro atoms. The molecule has 31 heavy (non-hydrogen) atoms. The first-order valence-electron chi connectivity index (χ1n) is 10.1. The molecule has 0 bridgehead atoms. The average Bonchev–Trinajstić information content (AvgIpc) is 3.25. The van der Waals surface area contributed by atoms with E-state index >= 15 is 0 Å². The van der Waals surface area contributed by atoms with Gasteiger partial charge in [-0.3, -0.25) is 9.97 Å². The highest BCUT2D eigenvalue weighted by Gasteiger charge is 2.22. The Bertz CT molecular complexity index is 1170. The fourth-order valence-corrected chi connectivity index (χ4v) is 3.80. The summed E-state index contributed by atoms with van der Waals surface area (Å²) < 4.78 is 18.7. The van der Waals surface area contributed by atoms with Crippen molar-refractivity contribution >= 4 is 11.6 Å². The molecule has 3 aromatic heterocycles. The number of anilines is 2. The van der Waals surface area contributed by atoms with Gasteiger partial charge in [0.25, 0.3) is 0 Å². The lowest BCUT2D eigenvalue weighted by atomic mass is 10.1. The Balaban J connectivity index is 1.43. The zero-order valence-electron chi connectivity index (χ0n) is 17.1. The van der Waals surface area contributed by atoms with Crippen molar-refractivity contribution in [3.05, 3.63) is 73.0 Å². The summed E-state index contributed by atoms with van der Waals surface area (Å²) in [6.45, 7) is 5.07. The molecule has 0 N–H and O–H groups in total. The van der Waals surface area contributed by atoms with Gasteiger partial charge in [0.1, 0.15) is 11.6 Å². The van der Waals surface area contributed by atoms with Crippen molar-refractivity contribution in [2.24, 2.45) is 0 Å². The van der Waals surface area contributed by atoms with Crippen molar-refractivity contribution in [3.63, 3.8) is 0 Å². The number of aryl methyl sites for hydroxylation is 1. The van der Waals surface area contributed by atoms with Gasteiger partial charge in [0, 0.05) is 61.6 Å². The van der Waals surface area contributed by atoms with Crippen LogP contribution in [0.2, 0.25) is 0 Å². The molecule has 1 aliphatic rings. The van der Waals surface area contributed by atoms with Crippen LogP contribution in [0.15, 0.2) is 65.8 Å². The van der Waals surface area contributed by atoms with Gasteiger partial charge in [0.2, 0.25) is 5.95 Å². The summed E-state index contributed by atoms with van der Waals surface area (Å²) in [5.74, 6) is 1.24. The second kappa shape index (κ2) is 8.14. The molecule has 0 saturated carbocycles. The van der Waals surface area contributed by atoms with E-state index in [-0.39, 0.29) is 5.82 Å². The van der Waals surface area contributed by atoms with E-state index < -0.39 is 0 Å². The van der Waals surface area contributed by atoms with E-state index in [2.05, 4.69) is 24.8 Å². The zero-order chi connectivity index (χ0) is 21.2. The van der Waals surface area contributed by atoms with Crippen molar-refractivity contribution in [2.45, 2.75) is 6.92 Å². The van der Waals surface area contributed by atoms with Crippen LogP contribution in [0.3, 0.4) is 0 Å². The van der Waals surface area contributed by atoms with E-state index in [0.717, 1.165) is 54.4 Å². The molecule has 4 aromatic rings. The quantitative estimate of drug-likeness (QED) is 0.498. The summed E-state index contributed by atoms with van der Waals surface area (Å²) in [6.07, 6.45) is 8.47. The molecule has 0 atom stereocenters. The summed E-state index contributed by atoms with van der Waals surface area (Å²) in [5, 5.41) is 0. The summed E-state index contributed by atoms with van der Waals surface area (Å²) in [6, 6.07) is 8.53. The molecule has 0 amide bonds. The van der Waals surface area contributed by atoms with E-state index in [0.29, 0.717) is 11.6 Å². The molecule has 7 nitrogen and oxygen atoms in total. The van der Waals surface area contributed by atoms with Gasteiger partial charge in [0.15, 0.2) is 0 Å². The molecule has 0 unspecified atom stereocenters. The predicted molar refractivity (Wildman–Crippen MR) is 116 cm³/mol. The number of nitrogens with zero attached hydrogens (tertiary/aromatic N) is 6. The molecule has 156 valence electrons. The van der Waals surface area contributed by atoms with Gasteiger partial charge >= 0.3 is 0 Å². The Hall–Kier alpha value is -3.81. The number of halogens is 1. The van der Waals surface area contributed by atoms with Crippen LogP contribution in [-0.2, 0) is 0 Å². The van der Waals surface area contributed by atoms with Crippen LogP contribution in [0, 0.1) is 12.7 Å². The van der Waals surface area contributed by atoms with Crippen LogP contribution in [0.1, 0.15) is 5.76 Å². The Morgan fingerprint density at radius 1 is 0.871 bits per heavy atom. The highest BCUT2D eigenvalue weighted by molar-refractivity contribution is 5.79. The third-order valence-electron chi connectivity index (χ3n) is 5.48. The fourth-order valence-electron chi connectivity index (χ4n) is 3.80. The minimum absolute atomic E-state index is 0.221. The lowest BCUT2D eigenvalue weighted by molar-refractivity contribution is 0.535. The zero-order valence-corrected chi connectivity index (χ0v) is 17.1. The van der Waals surface area contributed by atoms with Gasteiger partial charge < -0.3 is 14.2 Å². The van der Waals surface area contributed by atoms with Crippen LogP contribution in [0.4, 0.5) is 16.0 Å². The second-order valence-corrected chi connectivity index (χ2v) is 7.36. The van der Waals surface area contributed by atoms with Gasteiger partial charge in [0.05, 0.1) is 23.8 Å². The van der Waals surface area contributed by atoms with Crippen LogP contribution in [0.25, 0.3) is 22.5 Å². The maximum atomic E-state index is 13.2. The van der Waals surface area contributed by atoms with E-state index in [1.54, 1.807) is 31.1 Å². The topological polar surface area (TPSA) is 71.2 Å². The van der Waals surface area contributed by atoms with E-state index in [9.17, 15) is 4.39 Å². The number of hydrogen-bond donors (Lipinski definition) is 0. The van der Waals surface area contributed by atoms with Crippen molar-refractivity contribution in [1.82, 2.24) is 19.9 Å². The summed E-state index contributed by atoms with van der Waals surface area (Å²) >= 11 is 0. The SMILES string of the molecule is Cc1occc1-c1nc(N2CCN(c3ccc(F)cc3)CC2)ncc1-c1cnccn1. The van der Waals surface area contributed by atoms with Crippen molar-refractivity contribution < 1.29 is 8.81 Å². The highest BCUT2D eigenvalue weighted by Crippen LogP contribution is 2.32. The maximum Gasteiger partial charge on any atom is 0.226 e. The molecular weight excluding hydrogens is 395 g/mol. The molecule has 0 radical (unpaired) electrons. The number of piperazine rings is 1.